The number of carbonyl (C=O) groups excluding carboxylic acids is 1. The molecule has 0 aliphatic carbocycles. The molecule has 7 nitrogen and oxygen atoms in total. The summed E-state index contributed by atoms with van der Waals surface area (Å²) < 4.78 is 7.89. The van der Waals surface area contributed by atoms with Crippen molar-refractivity contribution in [2.75, 3.05) is 6.61 Å². The van der Waals surface area contributed by atoms with Gasteiger partial charge in [0.1, 0.15) is 11.4 Å². The number of hydrogen-bond acceptors (Lipinski definition) is 5. The van der Waals surface area contributed by atoms with Gasteiger partial charge in [0.05, 0.1) is 0 Å². The van der Waals surface area contributed by atoms with Crippen LogP contribution >= 0.6 is 0 Å². The lowest BCUT2D eigenvalue weighted by Crippen LogP contribution is -2.32. The fraction of sp³-hybridized carbons (Fsp3) is 0.579. The highest BCUT2D eigenvalue weighted by molar-refractivity contribution is 5.75. The maximum atomic E-state index is 12.1. The molecule has 1 fully saturated rings. The Morgan fingerprint density at radius 1 is 1.31 bits per heavy atom. The predicted octanol–water partition coefficient (Wildman–Crippen LogP) is 2.36. The van der Waals surface area contributed by atoms with Gasteiger partial charge in [0.2, 0.25) is 5.91 Å². The van der Waals surface area contributed by atoms with Crippen molar-refractivity contribution in [3.05, 3.63) is 42.0 Å². The first kappa shape index (κ1) is 18.5. The van der Waals surface area contributed by atoms with E-state index in [-0.39, 0.29) is 11.5 Å². The number of nitrogens with zero attached hydrogens (tertiary/aromatic N) is 4. The largest absolute Gasteiger partial charge is 0.367 e. The molecule has 0 spiro atoms. The van der Waals surface area contributed by atoms with Gasteiger partial charge in [-0.2, -0.15) is 0 Å². The van der Waals surface area contributed by atoms with Crippen LogP contribution in [0.25, 0.3) is 0 Å². The minimum Gasteiger partial charge on any atom is -0.367 e. The molecule has 140 valence electrons. The fourth-order valence-corrected chi connectivity index (χ4v) is 3.20. The van der Waals surface area contributed by atoms with Gasteiger partial charge in [-0.15, -0.1) is 0 Å². The van der Waals surface area contributed by atoms with Gasteiger partial charge < -0.3 is 14.6 Å². The summed E-state index contributed by atoms with van der Waals surface area (Å²) in [6.07, 6.45) is 11.7. The van der Waals surface area contributed by atoms with Gasteiger partial charge in [0.25, 0.3) is 0 Å². The van der Waals surface area contributed by atoms with E-state index >= 15 is 0 Å². The number of aryl methyl sites for hydroxylation is 2. The molecule has 0 radical (unpaired) electrons. The number of carbonyl (C=O) groups is 1. The lowest BCUT2D eigenvalue weighted by molar-refractivity contribution is -0.121. The number of nitrogens with one attached hydrogen (secondary N) is 1. The van der Waals surface area contributed by atoms with Crippen LogP contribution in [0.5, 0.6) is 0 Å². The standard InChI is InChI=1S/C19H27N5O2/c1-3-16-20-8-10-24(16)9-6-17(25)21-12-15-13-22-18(23-14-15)19(2)7-4-5-11-26-19/h8,10,13-14H,3-7,9,11-12H2,1-2H3,(H,21,25)/t19-/m1/s1. The smallest absolute Gasteiger partial charge is 0.222 e. The highest BCUT2D eigenvalue weighted by Crippen LogP contribution is 2.32. The molecule has 1 amide bonds. The van der Waals surface area contributed by atoms with Crippen molar-refractivity contribution in [1.82, 2.24) is 24.8 Å². The van der Waals surface area contributed by atoms with Crippen molar-refractivity contribution in [1.29, 1.82) is 0 Å². The first-order valence-corrected chi connectivity index (χ1v) is 9.33. The third kappa shape index (κ3) is 4.46. The summed E-state index contributed by atoms with van der Waals surface area (Å²) in [5.74, 6) is 1.73. The average molecular weight is 357 g/mol. The van der Waals surface area contributed by atoms with Gasteiger partial charge in [-0.05, 0) is 26.2 Å². The van der Waals surface area contributed by atoms with Gasteiger partial charge in [0, 0.05) is 62.9 Å². The van der Waals surface area contributed by atoms with E-state index in [4.69, 9.17) is 4.74 Å². The van der Waals surface area contributed by atoms with Gasteiger partial charge in [0.15, 0.2) is 5.82 Å². The summed E-state index contributed by atoms with van der Waals surface area (Å²) in [7, 11) is 0. The lowest BCUT2D eigenvalue weighted by atomic mass is 9.95. The molecule has 0 bridgehead atoms. The van der Waals surface area contributed by atoms with Crippen molar-refractivity contribution in [2.45, 2.75) is 64.6 Å². The number of imidazole rings is 1. The van der Waals surface area contributed by atoms with Crippen molar-refractivity contribution >= 4 is 5.91 Å². The van der Waals surface area contributed by atoms with Crippen LogP contribution in [-0.4, -0.2) is 32.0 Å². The summed E-state index contributed by atoms with van der Waals surface area (Å²) in [5, 5.41) is 2.92. The Morgan fingerprint density at radius 2 is 2.12 bits per heavy atom. The Hall–Kier alpha value is -2.28. The van der Waals surface area contributed by atoms with Crippen LogP contribution in [0, 0.1) is 0 Å². The summed E-state index contributed by atoms with van der Waals surface area (Å²) in [6.45, 7) is 5.93. The van der Waals surface area contributed by atoms with Crippen molar-refractivity contribution in [3.8, 4) is 0 Å². The zero-order valence-corrected chi connectivity index (χ0v) is 15.6. The molecule has 1 aliphatic heterocycles. The summed E-state index contributed by atoms with van der Waals surface area (Å²) in [5.41, 5.74) is 0.500. The molecule has 3 rings (SSSR count). The summed E-state index contributed by atoms with van der Waals surface area (Å²) in [6, 6.07) is 0. The first-order chi connectivity index (χ1) is 12.6. The van der Waals surface area contributed by atoms with Crippen LogP contribution in [-0.2, 0) is 34.6 Å². The quantitative estimate of drug-likeness (QED) is 0.822. The summed E-state index contributed by atoms with van der Waals surface area (Å²) >= 11 is 0. The molecular formula is C19H27N5O2. The van der Waals surface area contributed by atoms with E-state index in [1.807, 2.05) is 17.7 Å². The molecule has 7 heteroatoms. The Bertz CT molecular complexity index is 720. The zero-order chi connectivity index (χ0) is 18.4. The molecule has 1 saturated heterocycles. The molecule has 1 atom stereocenters. The molecule has 26 heavy (non-hydrogen) atoms. The second-order valence-electron chi connectivity index (χ2n) is 6.87. The molecule has 1 aliphatic rings. The minimum atomic E-state index is -0.387. The topological polar surface area (TPSA) is 81.9 Å². The van der Waals surface area contributed by atoms with E-state index in [1.54, 1.807) is 18.6 Å². The molecule has 0 aromatic carbocycles. The Kier molecular flexibility index (Phi) is 5.98. The van der Waals surface area contributed by atoms with Crippen LogP contribution in [0.2, 0.25) is 0 Å². The average Bonchev–Trinajstić information content (AvgIpc) is 3.13. The van der Waals surface area contributed by atoms with Crippen molar-refractivity contribution in [2.24, 2.45) is 0 Å². The van der Waals surface area contributed by atoms with Crippen molar-refractivity contribution < 1.29 is 9.53 Å². The Labute approximate surface area is 154 Å². The molecule has 1 N–H and O–H groups in total. The van der Waals surface area contributed by atoms with E-state index < -0.39 is 0 Å². The zero-order valence-electron chi connectivity index (χ0n) is 15.6. The maximum absolute atomic E-state index is 12.1. The number of hydrogen-bond donors (Lipinski definition) is 1. The summed E-state index contributed by atoms with van der Waals surface area (Å²) in [4.78, 5) is 25.3. The van der Waals surface area contributed by atoms with Crippen LogP contribution in [0.1, 0.15) is 56.7 Å². The molecule has 2 aromatic heterocycles. The molecule has 0 unspecified atom stereocenters. The normalized spacial score (nSPS) is 20.1. The molecular weight excluding hydrogens is 330 g/mol. The number of ether oxygens (including phenoxy) is 1. The molecule has 0 saturated carbocycles. The SMILES string of the molecule is CCc1nccn1CCC(=O)NCc1cnc([C@@]2(C)CCCCO2)nc1. The first-order valence-electron chi connectivity index (χ1n) is 9.33. The second-order valence-corrected chi connectivity index (χ2v) is 6.87. The third-order valence-corrected chi connectivity index (χ3v) is 4.83. The molecule has 3 heterocycles. The van der Waals surface area contributed by atoms with Gasteiger partial charge in [-0.1, -0.05) is 6.92 Å². The van der Waals surface area contributed by atoms with Crippen LogP contribution in [0.4, 0.5) is 0 Å². The van der Waals surface area contributed by atoms with Gasteiger partial charge >= 0.3 is 0 Å². The number of rotatable bonds is 7. The number of aromatic nitrogens is 4. The highest BCUT2D eigenvalue weighted by Gasteiger charge is 2.32. The van der Waals surface area contributed by atoms with Gasteiger partial charge in [-0.3, -0.25) is 4.79 Å². The lowest BCUT2D eigenvalue weighted by Gasteiger charge is -2.32. The van der Waals surface area contributed by atoms with E-state index in [9.17, 15) is 4.79 Å². The van der Waals surface area contributed by atoms with Crippen LogP contribution in [0.3, 0.4) is 0 Å². The number of amides is 1. The van der Waals surface area contributed by atoms with E-state index in [0.717, 1.165) is 49.5 Å². The van der Waals surface area contributed by atoms with Crippen molar-refractivity contribution in [3.63, 3.8) is 0 Å². The maximum Gasteiger partial charge on any atom is 0.222 e. The predicted molar refractivity (Wildman–Crippen MR) is 97.3 cm³/mol. The third-order valence-electron chi connectivity index (χ3n) is 4.83. The monoisotopic (exact) mass is 357 g/mol. The Balaban J connectivity index is 1.47. The van der Waals surface area contributed by atoms with E-state index in [1.165, 1.54) is 0 Å². The van der Waals surface area contributed by atoms with Gasteiger partial charge in [-0.25, -0.2) is 15.0 Å². The minimum absolute atomic E-state index is 0.00686. The van der Waals surface area contributed by atoms with Crippen LogP contribution in [0.15, 0.2) is 24.8 Å². The van der Waals surface area contributed by atoms with E-state index in [0.29, 0.717) is 19.5 Å². The fourth-order valence-electron chi connectivity index (χ4n) is 3.20. The van der Waals surface area contributed by atoms with Crippen LogP contribution < -0.4 is 5.32 Å². The second kappa shape index (κ2) is 8.40. The van der Waals surface area contributed by atoms with E-state index in [2.05, 4.69) is 27.2 Å². The Morgan fingerprint density at radius 3 is 2.81 bits per heavy atom. The molecule has 2 aromatic rings. The highest BCUT2D eigenvalue weighted by atomic mass is 16.5.